The number of hydrogen-bond acceptors (Lipinski definition) is 5. The molecule has 0 aliphatic carbocycles. The number of aromatic nitrogens is 1. The Morgan fingerprint density at radius 3 is 2.56 bits per heavy atom. The summed E-state index contributed by atoms with van der Waals surface area (Å²) in [5, 5.41) is 9.33. The average molecular weight is 252 g/mol. The summed E-state index contributed by atoms with van der Waals surface area (Å²) in [6, 6.07) is 0. The summed E-state index contributed by atoms with van der Waals surface area (Å²) in [5.74, 6) is -0.705. The predicted octanol–water partition coefficient (Wildman–Crippen LogP) is 1.89. The lowest BCUT2D eigenvalue weighted by Crippen LogP contribution is -2.08. The first-order chi connectivity index (χ1) is 7.36. The lowest BCUT2D eigenvalue weighted by atomic mass is 10.1. The van der Waals surface area contributed by atoms with E-state index in [1.54, 1.807) is 0 Å². The van der Waals surface area contributed by atoms with Crippen LogP contribution in [0.4, 0.5) is 20.3 Å². The molecular weight excluding hydrogens is 248 g/mol. The van der Waals surface area contributed by atoms with Gasteiger partial charge < -0.3 is 5.73 Å². The normalized spacial score (nSPS) is 10.5. The zero-order valence-electron chi connectivity index (χ0n) is 7.49. The van der Waals surface area contributed by atoms with E-state index in [4.69, 9.17) is 17.3 Å². The summed E-state index contributed by atoms with van der Waals surface area (Å²) in [6.45, 7) is 0. The average Bonchev–Trinajstić information content (AvgIpc) is 2.15. The van der Waals surface area contributed by atoms with Crippen molar-refractivity contribution in [3.05, 3.63) is 27.4 Å². The fourth-order valence-corrected chi connectivity index (χ4v) is 1.23. The number of nitro groups is 1. The van der Waals surface area contributed by atoms with Gasteiger partial charge in [0.15, 0.2) is 0 Å². The Hall–Kier alpha value is -1.83. The fraction of sp³-hybridized carbons (Fsp3) is 0.143. The van der Waals surface area contributed by atoms with Gasteiger partial charge in [0.1, 0.15) is 16.9 Å². The van der Waals surface area contributed by atoms with E-state index in [-0.39, 0.29) is 0 Å². The molecular formula is C7H4ClF2N3O3. The number of nitrogen functional groups attached to an aromatic ring is 1. The third kappa shape index (κ3) is 2.06. The van der Waals surface area contributed by atoms with E-state index in [1.165, 1.54) is 0 Å². The van der Waals surface area contributed by atoms with Crippen molar-refractivity contribution in [3.63, 3.8) is 0 Å². The van der Waals surface area contributed by atoms with Gasteiger partial charge in [0.05, 0.1) is 4.92 Å². The van der Waals surface area contributed by atoms with E-state index >= 15 is 0 Å². The minimum atomic E-state index is -3.22. The van der Waals surface area contributed by atoms with E-state index in [9.17, 15) is 23.7 Å². The molecule has 1 rings (SSSR count). The molecule has 1 aromatic heterocycles. The third-order valence-corrected chi connectivity index (χ3v) is 1.94. The van der Waals surface area contributed by atoms with Gasteiger partial charge in [-0.25, -0.2) is 13.8 Å². The molecule has 0 aliphatic rings. The Kier molecular flexibility index (Phi) is 3.33. The highest BCUT2D eigenvalue weighted by molar-refractivity contribution is 6.68. The number of nitrogens with zero attached hydrogens (tertiary/aromatic N) is 2. The first-order valence-corrected chi connectivity index (χ1v) is 4.14. The van der Waals surface area contributed by atoms with Gasteiger partial charge in [-0.15, -0.1) is 0 Å². The first-order valence-electron chi connectivity index (χ1n) is 3.77. The summed E-state index contributed by atoms with van der Waals surface area (Å²) in [5.41, 5.74) is 2.16. The van der Waals surface area contributed by atoms with Gasteiger partial charge in [0.2, 0.25) is 0 Å². The Morgan fingerprint density at radius 2 is 2.19 bits per heavy atom. The van der Waals surface area contributed by atoms with Crippen molar-refractivity contribution in [1.82, 2.24) is 4.98 Å². The van der Waals surface area contributed by atoms with E-state index in [1.807, 2.05) is 0 Å². The van der Waals surface area contributed by atoms with Crippen LogP contribution in [0, 0.1) is 10.1 Å². The molecule has 0 fully saturated rings. The summed E-state index contributed by atoms with van der Waals surface area (Å²) < 4.78 is 25.0. The molecule has 2 N–H and O–H groups in total. The molecule has 86 valence electrons. The van der Waals surface area contributed by atoms with Crippen LogP contribution in [0.25, 0.3) is 0 Å². The number of hydrogen-bond donors (Lipinski definition) is 1. The molecule has 0 bridgehead atoms. The van der Waals surface area contributed by atoms with Crippen molar-refractivity contribution >= 4 is 28.3 Å². The van der Waals surface area contributed by atoms with Gasteiger partial charge in [0.25, 0.3) is 17.4 Å². The van der Waals surface area contributed by atoms with Gasteiger partial charge in [-0.3, -0.25) is 14.9 Å². The highest BCUT2D eigenvalue weighted by Gasteiger charge is 2.31. The SMILES string of the molecule is Nc1ncc(C(=O)Cl)c([N+](=O)[O-])c1C(F)F. The van der Waals surface area contributed by atoms with Crippen molar-refractivity contribution in [2.45, 2.75) is 6.43 Å². The number of rotatable bonds is 3. The van der Waals surface area contributed by atoms with Crippen LogP contribution < -0.4 is 5.73 Å². The number of alkyl halides is 2. The van der Waals surface area contributed by atoms with Gasteiger partial charge >= 0.3 is 0 Å². The molecule has 1 aromatic rings. The largest absolute Gasteiger partial charge is 0.383 e. The molecule has 0 radical (unpaired) electrons. The van der Waals surface area contributed by atoms with Gasteiger partial charge in [-0.2, -0.15) is 0 Å². The summed E-state index contributed by atoms with van der Waals surface area (Å²) in [7, 11) is 0. The van der Waals surface area contributed by atoms with Crippen LogP contribution in [0.2, 0.25) is 0 Å². The zero-order valence-corrected chi connectivity index (χ0v) is 8.24. The maximum Gasteiger partial charge on any atom is 0.295 e. The highest BCUT2D eigenvalue weighted by atomic mass is 35.5. The number of pyridine rings is 1. The lowest BCUT2D eigenvalue weighted by molar-refractivity contribution is -0.386. The van der Waals surface area contributed by atoms with Crippen LogP contribution in [-0.4, -0.2) is 15.1 Å². The molecule has 16 heavy (non-hydrogen) atoms. The topological polar surface area (TPSA) is 99.1 Å². The van der Waals surface area contributed by atoms with E-state index in [0.717, 1.165) is 0 Å². The third-order valence-electron chi connectivity index (χ3n) is 1.73. The molecule has 6 nitrogen and oxygen atoms in total. The van der Waals surface area contributed by atoms with Gasteiger partial charge in [-0.05, 0) is 11.6 Å². The van der Waals surface area contributed by atoms with Crippen molar-refractivity contribution in [3.8, 4) is 0 Å². The van der Waals surface area contributed by atoms with Crippen LogP contribution in [0.15, 0.2) is 6.20 Å². The number of anilines is 1. The molecule has 0 aromatic carbocycles. The van der Waals surface area contributed by atoms with Gasteiger partial charge in [-0.1, -0.05) is 0 Å². The lowest BCUT2D eigenvalue weighted by Gasteiger charge is -2.06. The Balaban J connectivity index is 3.63. The van der Waals surface area contributed by atoms with Crippen molar-refractivity contribution in [1.29, 1.82) is 0 Å². The van der Waals surface area contributed by atoms with Gasteiger partial charge in [0, 0.05) is 6.20 Å². The van der Waals surface area contributed by atoms with Crippen LogP contribution in [-0.2, 0) is 0 Å². The number of nitrogens with two attached hydrogens (primary N) is 1. The van der Waals surface area contributed by atoms with Crippen LogP contribution >= 0.6 is 11.6 Å². The van der Waals surface area contributed by atoms with E-state index in [0.29, 0.717) is 6.20 Å². The Morgan fingerprint density at radius 1 is 1.62 bits per heavy atom. The van der Waals surface area contributed by atoms with Crippen LogP contribution in [0.5, 0.6) is 0 Å². The molecule has 0 saturated carbocycles. The Bertz CT molecular complexity index is 466. The van der Waals surface area contributed by atoms with Crippen LogP contribution in [0.3, 0.4) is 0 Å². The smallest absolute Gasteiger partial charge is 0.295 e. The van der Waals surface area contributed by atoms with E-state index in [2.05, 4.69) is 4.98 Å². The standard InChI is InChI=1S/C7H4ClF2N3O3/c8-5(14)2-1-12-7(11)3(6(9)10)4(2)13(15)16/h1,6H,(H2,11,12). The molecule has 0 atom stereocenters. The number of halogens is 3. The summed E-state index contributed by atoms with van der Waals surface area (Å²) in [6.07, 6.45) is -2.53. The minimum absolute atomic E-state index is 0.689. The Labute approximate surface area is 92.2 Å². The maximum atomic E-state index is 12.5. The zero-order chi connectivity index (χ0) is 12.5. The van der Waals surface area contributed by atoms with E-state index < -0.39 is 39.2 Å². The monoisotopic (exact) mass is 251 g/mol. The summed E-state index contributed by atoms with van der Waals surface area (Å²) >= 11 is 5.01. The molecule has 0 unspecified atom stereocenters. The van der Waals surface area contributed by atoms with Crippen LogP contribution in [0.1, 0.15) is 22.3 Å². The summed E-state index contributed by atoms with van der Waals surface area (Å²) in [4.78, 5) is 23.5. The molecule has 1 heterocycles. The molecule has 0 spiro atoms. The second-order valence-corrected chi connectivity index (χ2v) is 2.99. The first kappa shape index (κ1) is 12.2. The molecule has 9 heteroatoms. The fourth-order valence-electron chi connectivity index (χ4n) is 1.09. The number of carbonyl (C=O) groups excluding carboxylic acids is 1. The highest BCUT2D eigenvalue weighted by Crippen LogP contribution is 2.35. The van der Waals surface area contributed by atoms with Crippen molar-refractivity contribution in [2.75, 3.05) is 5.73 Å². The molecule has 0 aliphatic heterocycles. The molecule has 0 amide bonds. The minimum Gasteiger partial charge on any atom is -0.383 e. The quantitative estimate of drug-likeness (QED) is 0.502. The number of carbonyl (C=O) groups is 1. The van der Waals surface area contributed by atoms with Crippen molar-refractivity contribution in [2.24, 2.45) is 0 Å². The predicted molar refractivity (Wildman–Crippen MR) is 50.4 cm³/mol. The molecule has 0 saturated heterocycles. The van der Waals surface area contributed by atoms with Crippen molar-refractivity contribution < 1.29 is 18.5 Å². The second kappa shape index (κ2) is 4.35. The second-order valence-electron chi connectivity index (χ2n) is 2.65. The maximum absolute atomic E-state index is 12.5.